The smallest absolute Gasteiger partial charge is 0.341 e. The third-order valence-corrected chi connectivity index (χ3v) is 3.45. The first-order valence-corrected chi connectivity index (χ1v) is 9.54. The van der Waals surface area contributed by atoms with Crippen LogP contribution in [0.25, 0.3) is 0 Å². The van der Waals surface area contributed by atoms with Crippen LogP contribution >= 0.6 is 0 Å². The number of ether oxygens (including phenoxy) is 2. The number of carboxylic acid groups (broad SMARTS) is 1. The van der Waals surface area contributed by atoms with Crippen LogP contribution in [-0.4, -0.2) is 32.1 Å². The van der Waals surface area contributed by atoms with Crippen LogP contribution in [0.15, 0.2) is 36.4 Å². The van der Waals surface area contributed by atoms with Crippen molar-refractivity contribution >= 4 is 13.8 Å². The second-order valence-corrected chi connectivity index (χ2v) is 5.56. The van der Waals surface area contributed by atoms with Crippen LogP contribution in [-0.2, 0) is 4.79 Å². The first kappa shape index (κ1) is 27.8. The highest BCUT2D eigenvalue weighted by Crippen LogP contribution is 2.22. The Kier molecular flexibility index (Phi) is 16.6. The van der Waals surface area contributed by atoms with Gasteiger partial charge in [0.15, 0.2) is 6.61 Å². The Morgan fingerprint density at radius 1 is 0.821 bits per heavy atom. The molecule has 0 aromatic heterocycles. The van der Waals surface area contributed by atoms with Crippen LogP contribution in [0.5, 0.6) is 11.5 Å². The third-order valence-electron chi connectivity index (χ3n) is 3.45. The van der Waals surface area contributed by atoms with Crippen molar-refractivity contribution in [2.45, 2.75) is 55.3 Å². The normalized spacial score (nSPS) is 8.71. The summed E-state index contributed by atoms with van der Waals surface area (Å²) < 4.78 is 10.6. The number of benzene rings is 2. The molecular weight excluding hydrogens is 351 g/mol. The molecule has 0 unspecified atom stereocenters. The summed E-state index contributed by atoms with van der Waals surface area (Å²) in [6.45, 7) is 15.9. The second-order valence-electron chi connectivity index (χ2n) is 5.56. The Balaban J connectivity index is 0. The molecule has 0 fully saturated rings. The van der Waals surface area contributed by atoms with Crippen LogP contribution in [0.3, 0.4) is 0 Å². The van der Waals surface area contributed by atoms with E-state index in [0.29, 0.717) is 5.75 Å². The lowest BCUT2D eigenvalue weighted by molar-refractivity contribution is -0.139. The van der Waals surface area contributed by atoms with E-state index in [1.807, 2.05) is 58.9 Å². The van der Waals surface area contributed by atoms with Gasteiger partial charge in [0.2, 0.25) is 0 Å². The molecule has 0 amide bonds. The van der Waals surface area contributed by atoms with E-state index in [4.69, 9.17) is 14.6 Å². The van der Waals surface area contributed by atoms with Gasteiger partial charge in [0, 0.05) is 0 Å². The van der Waals surface area contributed by atoms with E-state index in [0.717, 1.165) is 23.5 Å². The van der Waals surface area contributed by atoms with Crippen LogP contribution in [0.1, 0.15) is 43.0 Å². The lowest BCUT2D eigenvalue weighted by atomic mass is 10.1. The van der Waals surface area contributed by atoms with Crippen molar-refractivity contribution in [2.75, 3.05) is 13.2 Å². The van der Waals surface area contributed by atoms with Crippen molar-refractivity contribution in [3.8, 4) is 11.5 Å². The van der Waals surface area contributed by atoms with Crippen molar-refractivity contribution in [3.63, 3.8) is 0 Å². The number of hydrogen-bond acceptors (Lipinski definition) is 3. The van der Waals surface area contributed by atoms with Gasteiger partial charge in [0.05, 0.1) is 14.5 Å². The van der Waals surface area contributed by atoms with Crippen LogP contribution in [0.4, 0.5) is 0 Å². The Morgan fingerprint density at radius 3 is 1.43 bits per heavy atom. The molecule has 4 nitrogen and oxygen atoms in total. The Morgan fingerprint density at radius 2 is 1.14 bits per heavy atom. The van der Waals surface area contributed by atoms with E-state index in [1.165, 1.54) is 17.9 Å². The summed E-state index contributed by atoms with van der Waals surface area (Å²) in [5, 5.41) is 8.43. The van der Waals surface area contributed by atoms with Gasteiger partial charge in [-0.2, -0.15) is 0 Å². The number of aliphatic carboxylic acids is 1. The number of carboxylic acids is 1. The van der Waals surface area contributed by atoms with Gasteiger partial charge in [-0.3, -0.25) is 0 Å². The fraction of sp³-hybridized carbons (Fsp3) is 0.435. The lowest BCUT2D eigenvalue weighted by Crippen LogP contribution is -2.10. The maximum atomic E-state index is 10.3. The van der Waals surface area contributed by atoms with E-state index in [-0.39, 0.29) is 6.61 Å². The molecule has 28 heavy (non-hydrogen) atoms. The molecule has 0 aliphatic heterocycles. The topological polar surface area (TPSA) is 55.8 Å². The van der Waals surface area contributed by atoms with Gasteiger partial charge in [-0.05, 0) is 56.9 Å². The van der Waals surface area contributed by atoms with Gasteiger partial charge >= 0.3 is 5.97 Å². The molecule has 0 aliphatic carbocycles. The van der Waals surface area contributed by atoms with Crippen molar-refractivity contribution in [2.24, 2.45) is 0 Å². The minimum Gasteiger partial charge on any atom is -0.493 e. The number of rotatable bonds is 5. The molecule has 1 N–H and O–H groups in total. The fourth-order valence-electron chi connectivity index (χ4n) is 2.33. The molecule has 0 heterocycles. The van der Waals surface area contributed by atoms with Crippen LogP contribution in [0, 0.1) is 27.7 Å². The zero-order valence-corrected chi connectivity index (χ0v) is 18.6. The van der Waals surface area contributed by atoms with Crippen molar-refractivity contribution in [1.29, 1.82) is 0 Å². The van der Waals surface area contributed by atoms with Crippen molar-refractivity contribution < 1.29 is 19.4 Å². The highest BCUT2D eigenvalue weighted by atomic mass is 16.5. The summed E-state index contributed by atoms with van der Waals surface area (Å²) in [4.78, 5) is 10.3. The molecule has 0 spiro atoms. The lowest BCUT2D eigenvalue weighted by Gasteiger charge is -2.09. The summed E-state index contributed by atoms with van der Waals surface area (Å²) in [6, 6.07) is 11.9. The van der Waals surface area contributed by atoms with Crippen LogP contribution < -0.4 is 9.47 Å². The van der Waals surface area contributed by atoms with E-state index < -0.39 is 5.97 Å². The second kappa shape index (κ2) is 16.7. The SMILES string of the molecule is CC.CCOc1c(C)cccc1C.Cc1cccc(C)c1OCC(=O)O.[B]C. The van der Waals surface area contributed by atoms with Gasteiger partial charge in [0.1, 0.15) is 11.5 Å². The molecule has 0 saturated heterocycles. The summed E-state index contributed by atoms with van der Waals surface area (Å²) in [7, 11) is 4.50. The molecular formula is C23H35BO4. The van der Waals surface area contributed by atoms with Gasteiger partial charge in [0.25, 0.3) is 0 Å². The third kappa shape index (κ3) is 10.7. The highest BCUT2D eigenvalue weighted by Gasteiger charge is 2.04. The first-order valence-electron chi connectivity index (χ1n) is 9.54. The molecule has 0 aliphatic rings. The molecule has 154 valence electrons. The number of aryl methyl sites for hydroxylation is 4. The molecule has 2 rings (SSSR count). The zero-order chi connectivity index (χ0) is 22.1. The number of carbonyl (C=O) groups is 1. The predicted molar refractivity (Wildman–Crippen MR) is 119 cm³/mol. The minimum atomic E-state index is -0.956. The molecule has 5 heteroatoms. The summed E-state index contributed by atoms with van der Waals surface area (Å²) in [5.41, 5.74) is 4.35. The summed E-state index contributed by atoms with van der Waals surface area (Å²) in [5.74, 6) is 0.752. The molecule has 2 radical (unpaired) electrons. The van der Waals surface area contributed by atoms with Gasteiger partial charge in [-0.15, -0.1) is 0 Å². The Bertz CT molecular complexity index is 644. The molecule has 0 saturated carbocycles. The van der Waals surface area contributed by atoms with Crippen LogP contribution in [0.2, 0.25) is 6.82 Å². The first-order chi connectivity index (χ1) is 13.4. The standard InChI is InChI=1S/C10H12O3.C10H14O.C2H6.CH3B/c1-7-4-3-5-8(2)10(7)13-6-9(11)12;1-4-11-10-8(2)6-5-7-9(10)3;2*1-2/h3-5H,6H2,1-2H3,(H,11,12);5-7H,4H2,1-3H3;1-2H3;1H3. The maximum Gasteiger partial charge on any atom is 0.341 e. The number of para-hydroxylation sites is 2. The van der Waals surface area contributed by atoms with Gasteiger partial charge in [-0.1, -0.05) is 57.1 Å². The molecule has 2 aromatic carbocycles. The monoisotopic (exact) mass is 386 g/mol. The fourth-order valence-corrected chi connectivity index (χ4v) is 2.33. The Hall–Kier alpha value is -2.43. The summed E-state index contributed by atoms with van der Waals surface area (Å²) >= 11 is 0. The van der Waals surface area contributed by atoms with E-state index >= 15 is 0 Å². The van der Waals surface area contributed by atoms with E-state index in [9.17, 15) is 4.79 Å². The van der Waals surface area contributed by atoms with Gasteiger partial charge in [-0.25, -0.2) is 4.79 Å². The maximum absolute atomic E-state index is 10.3. The average Bonchev–Trinajstić information content (AvgIpc) is 2.68. The minimum absolute atomic E-state index is 0.286. The average molecular weight is 386 g/mol. The number of hydrogen-bond donors (Lipinski definition) is 1. The van der Waals surface area contributed by atoms with E-state index in [1.54, 1.807) is 0 Å². The summed E-state index contributed by atoms with van der Waals surface area (Å²) in [6.07, 6.45) is 0. The zero-order valence-electron chi connectivity index (χ0n) is 18.6. The predicted octanol–water partition coefficient (Wildman–Crippen LogP) is 5.70. The molecule has 2 aromatic rings. The Labute approximate surface area is 172 Å². The quantitative estimate of drug-likeness (QED) is 0.670. The van der Waals surface area contributed by atoms with Crippen molar-refractivity contribution in [1.82, 2.24) is 0 Å². The van der Waals surface area contributed by atoms with Crippen molar-refractivity contribution in [3.05, 3.63) is 58.7 Å². The largest absolute Gasteiger partial charge is 0.493 e. The van der Waals surface area contributed by atoms with E-state index in [2.05, 4.69) is 33.8 Å². The van der Waals surface area contributed by atoms with Gasteiger partial charge < -0.3 is 14.6 Å². The molecule has 0 bridgehead atoms. The highest BCUT2D eigenvalue weighted by molar-refractivity contribution is 6.05. The molecule has 0 atom stereocenters.